The Hall–Kier alpha value is -0.720. The molecule has 88 valence electrons. The number of sulfonamides is 1. The van der Waals surface area contributed by atoms with E-state index in [2.05, 4.69) is 0 Å². The Morgan fingerprint density at radius 2 is 2.25 bits per heavy atom. The predicted molar refractivity (Wildman–Crippen MR) is 61.9 cm³/mol. The molecule has 1 unspecified atom stereocenters. The number of piperidine rings is 1. The molecule has 0 amide bonds. The Balaban J connectivity index is 2.23. The molecule has 1 aliphatic rings. The summed E-state index contributed by atoms with van der Waals surface area (Å²) >= 11 is 1.21. The molecule has 1 aliphatic heterocycles. The van der Waals surface area contributed by atoms with Gasteiger partial charge in [0.15, 0.2) is 0 Å². The van der Waals surface area contributed by atoms with E-state index in [0.29, 0.717) is 23.7 Å². The van der Waals surface area contributed by atoms with Crippen molar-refractivity contribution in [1.29, 1.82) is 0 Å². The summed E-state index contributed by atoms with van der Waals surface area (Å²) in [4.78, 5) is 11.3. The van der Waals surface area contributed by atoms with E-state index >= 15 is 0 Å². The van der Waals surface area contributed by atoms with Crippen LogP contribution < -0.4 is 0 Å². The van der Waals surface area contributed by atoms with Gasteiger partial charge in [-0.2, -0.15) is 4.31 Å². The average molecular weight is 259 g/mol. The number of thiophene rings is 1. The standard InChI is InChI=1S/C10H13NO3S2/c1-8-7-11(5-4-9(8)12)16(13,14)10-3-2-6-15-10/h2-3,6,8H,4-5,7H2,1H3. The fourth-order valence-corrected chi connectivity index (χ4v) is 4.41. The van der Waals surface area contributed by atoms with Crippen LogP contribution in [-0.4, -0.2) is 31.6 Å². The summed E-state index contributed by atoms with van der Waals surface area (Å²) in [6, 6.07) is 3.32. The molecule has 2 rings (SSSR count). The maximum Gasteiger partial charge on any atom is 0.252 e. The fraction of sp³-hybridized carbons (Fsp3) is 0.500. The van der Waals surface area contributed by atoms with E-state index in [1.165, 1.54) is 15.6 Å². The highest BCUT2D eigenvalue weighted by atomic mass is 32.2. The number of nitrogens with zero attached hydrogens (tertiary/aromatic N) is 1. The Morgan fingerprint density at radius 1 is 1.50 bits per heavy atom. The normalized spacial score (nSPS) is 23.6. The number of hydrogen-bond acceptors (Lipinski definition) is 4. The highest BCUT2D eigenvalue weighted by Crippen LogP contribution is 2.24. The average Bonchev–Trinajstić information content (AvgIpc) is 2.75. The first-order chi connectivity index (χ1) is 7.51. The third kappa shape index (κ3) is 2.05. The quantitative estimate of drug-likeness (QED) is 0.805. The van der Waals surface area contributed by atoms with Crippen molar-refractivity contribution in [1.82, 2.24) is 4.31 Å². The van der Waals surface area contributed by atoms with Gasteiger partial charge in [0.2, 0.25) is 0 Å². The number of carbonyl (C=O) groups excluding carboxylic acids is 1. The topological polar surface area (TPSA) is 54.5 Å². The molecule has 1 aromatic heterocycles. The summed E-state index contributed by atoms with van der Waals surface area (Å²) in [5.74, 6) is -0.0406. The molecule has 0 aliphatic carbocycles. The van der Waals surface area contributed by atoms with E-state index in [1.54, 1.807) is 24.4 Å². The van der Waals surface area contributed by atoms with Crippen LogP contribution >= 0.6 is 11.3 Å². The Morgan fingerprint density at radius 3 is 2.81 bits per heavy atom. The van der Waals surface area contributed by atoms with Gasteiger partial charge in [-0.05, 0) is 11.4 Å². The Bertz CT molecular complexity index is 478. The molecule has 6 heteroatoms. The van der Waals surface area contributed by atoms with Crippen LogP contribution in [0.5, 0.6) is 0 Å². The van der Waals surface area contributed by atoms with Gasteiger partial charge in [0.1, 0.15) is 9.99 Å². The largest absolute Gasteiger partial charge is 0.299 e. The first kappa shape index (κ1) is 11.8. The lowest BCUT2D eigenvalue weighted by molar-refractivity contribution is -0.124. The van der Waals surface area contributed by atoms with Gasteiger partial charge in [-0.25, -0.2) is 8.42 Å². The maximum atomic E-state index is 12.1. The van der Waals surface area contributed by atoms with Gasteiger partial charge in [-0.15, -0.1) is 11.3 Å². The number of rotatable bonds is 2. The highest BCUT2D eigenvalue weighted by molar-refractivity contribution is 7.91. The third-order valence-corrected chi connectivity index (χ3v) is 5.96. The van der Waals surface area contributed by atoms with Gasteiger partial charge in [0.25, 0.3) is 10.0 Å². The van der Waals surface area contributed by atoms with E-state index in [-0.39, 0.29) is 11.7 Å². The smallest absolute Gasteiger partial charge is 0.252 e. The molecule has 4 nitrogen and oxygen atoms in total. The second-order valence-corrected chi connectivity index (χ2v) is 7.02. The van der Waals surface area contributed by atoms with Gasteiger partial charge < -0.3 is 0 Å². The number of hydrogen-bond donors (Lipinski definition) is 0. The molecule has 0 spiro atoms. The van der Waals surface area contributed by atoms with Crippen LogP contribution in [0, 0.1) is 5.92 Å². The zero-order valence-corrected chi connectivity index (χ0v) is 10.6. The third-order valence-electron chi connectivity index (χ3n) is 2.72. The zero-order valence-electron chi connectivity index (χ0n) is 8.92. The molecule has 0 saturated carbocycles. The van der Waals surface area contributed by atoms with Crippen molar-refractivity contribution >= 4 is 27.1 Å². The molecule has 1 saturated heterocycles. The van der Waals surface area contributed by atoms with E-state index in [1.807, 2.05) is 0 Å². The number of carbonyl (C=O) groups is 1. The lowest BCUT2D eigenvalue weighted by atomic mass is 10.0. The van der Waals surface area contributed by atoms with Crippen molar-refractivity contribution in [3.8, 4) is 0 Å². The molecule has 1 aromatic rings. The predicted octanol–water partition coefficient (Wildman–Crippen LogP) is 1.35. The molecule has 1 atom stereocenters. The Kier molecular flexibility index (Phi) is 3.14. The van der Waals surface area contributed by atoms with Gasteiger partial charge >= 0.3 is 0 Å². The summed E-state index contributed by atoms with van der Waals surface area (Å²) < 4.78 is 26.0. The molecule has 2 heterocycles. The van der Waals surface area contributed by atoms with Gasteiger partial charge in [0, 0.05) is 25.4 Å². The second kappa shape index (κ2) is 4.27. The van der Waals surface area contributed by atoms with Crippen LogP contribution in [0.1, 0.15) is 13.3 Å². The monoisotopic (exact) mass is 259 g/mol. The van der Waals surface area contributed by atoms with Crippen LogP contribution in [0.25, 0.3) is 0 Å². The van der Waals surface area contributed by atoms with Crippen molar-refractivity contribution in [2.45, 2.75) is 17.6 Å². The van der Waals surface area contributed by atoms with E-state index < -0.39 is 10.0 Å². The molecular formula is C10H13NO3S2. The van der Waals surface area contributed by atoms with Crippen LogP contribution in [0.4, 0.5) is 0 Å². The molecule has 1 fully saturated rings. The number of ketones is 1. The summed E-state index contributed by atoms with van der Waals surface area (Å²) in [6.07, 6.45) is 0.325. The van der Waals surface area contributed by atoms with Gasteiger partial charge in [-0.3, -0.25) is 4.79 Å². The second-order valence-electron chi connectivity index (χ2n) is 3.91. The molecule has 0 N–H and O–H groups in total. The van der Waals surface area contributed by atoms with Crippen LogP contribution in [0.2, 0.25) is 0 Å². The van der Waals surface area contributed by atoms with Crippen molar-refractivity contribution in [3.63, 3.8) is 0 Å². The van der Waals surface area contributed by atoms with Crippen molar-refractivity contribution in [2.24, 2.45) is 5.92 Å². The molecular weight excluding hydrogens is 246 g/mol. The van der Waals surface area contributed by atoms with Crippen LogP contribution in [0.15, 0.2) is 21.7 Å². The lowest BCUT2D eigenvalue weighted by Crippen LogP contribution is -2.42. The van der Waals surface area contributed by atoms with Crippen molar-refractivity contribution < 1.29 is 13.2 Å². The summed E-state index contributed by atoms with van der Waals surface area (Å²) in [5.41, 5.74) is 0. The summed E-state index contributed by atoms with van der Waals surface area (Å²) in [6.45, 7) is 2.39. The molecule has 16 heavy (non-hydrogen) atoms. The van der Waals surface area contributed by atoms with Crippen molar-refractivity contribution in [3.05, 3.63) is 17.5 Å². The summed E-state index contributed by atoms with van der Waals surface area (Å²) in [7, 11) is -3.38. The molecule has 0 aromatic carbocycles. The van der Waals surface area contributed by atoms with E-state index in [0.717, 1.165) is 0 Å². The fourth-order valence-electron chi connectivity index (χ4n) is 1.74. The molecule has 0 radical (unpaired) electrons. The SMILES string of the molecule is CC1CN(S(=O)(=O)c2cccs2)CCC1=O. The minimum atomic E-state index is -3.38. The van der Waals surface area contributed by atoms with E-state index in [9.17, 15) is 13.2 Å². The summed E-state index contributed by atoms with van der Waals surface area (Å²) in [5, 5.41) is 1.74. The minimum absolute atomic E-state index is 0.151. The zero-order chi connectivity index (χ0) is 11.8. The van der Waals surface area contributed by atoms with Gasteiger partial charge in [-0.1, -0.05) is 13.0 Å². The van der Waals surface area contributed by atoms with E-state index in [4.69, 9.17) is 0 Å². The maximum absolute atomic E-state index is 12.1. The van der Waals surface area contributed by atoms with Crippen LogP contribution in [-0.2, 0) is 14.8 Å². The first-order valence-electron chi connectivity index (χ1n) is 5.08. The highest BCUT2D eigenvalue weighted by Gasteiger charge is 2.32. The minimum Gasteiger partial charge on any atom is -0.299 e. The van der Waals surface area contributed by atoms with Gasteiger partial charge in [0.05, 0.1) is 0 Å². The first-order valence-corrected chi connectivity index (χ1v) is 7.40. The molecule has 0 bridgehead atoms. The number of Topliss-reactive ketones (excluding diaryl/α,β-unsaturated/α-hetero) is 1. The van der Waals surface area contributed by atoms with Crippen molar-refractivity contribution in [2.75, 3.05) is 13.1 Å². The lowest BCUT2D eigenvalue weighted by Gasteiger charge is -2.28. The van der Waals surface area contributed by atoms with Crippen LogP contribution in [0.3, 0.4) is 0 Å². The Labute approximate surface area is 98.9 Å².